The summed E-state index contributed by atoms with van der Waals surface area (Å²) in [7, 11) is 0. The quantitative estimate of drug-likeness (QED) is 0.168. The minimum Gasteiger partial charge on any atom is -0.309 e. The number of hydrogen-bond acceptors (Lipinski definition) is 3. The molecule has 0 spiro atoms. The summed E-state index contributed by atoms with van der Waals surface area (Å²) in [6.45, 7) is 0. The molecule has 0 bridgehead atoms. The van der Waals surface area contributed by atoms with Crippen molar-refractivity contribution in [3.8, 4) is 51.2 Å². The van der Waals surface area contributed by atoms with E-state index in [4.69, 9.17) is 15.0 Å². The van der Waals surface area contributed by atoms with E-state index < -0.39 is 0 Å². The molecule has 0 unspecified atom stereocenters. The van der Waals surface area contributed by atoms with Crippen molar-refractivity contribution in [1.29, 1.82) is 0 Å². The van der Waals surface area contributed by atoms with Crippen molar-refractivity contribution in [2.45, 2.75) is 0 Å². The molecule has 9 aromatic carbocycles. The van der Waals surface area contributed by atoms with Crippen LogP contribution in [-0.4, -0.2) is 28.7 Å². The first kappa shape index (κ1) is 35.2. The molecule has 0 aliphatic carbocycles. The van der Waals surface area contributed by atoms with Crippen molar-refractivity contribution in [2.75, 3.05) is 0 Å². The molecule has 13 rings (SSSR count). The van der Waals surface area contributed by atoms with Crippen LogP contribution in [0.5, 0.6) is 0 Å². The average Bonchev–Trinajstić information content (AvgIpc) is 4.00. The first-order valence-electron chi connectivity index (χ1n) is 21.3. The van der Waals surface area contributed by atoms with Crippen LogP contribution < -0.4 is 0 Å². The number of hydrogen-bond donors (Lipinski definition) is 0. The van der Waals surface area contributed by atoms with Crippen LogP contribution in [0.1, 0.15) is 0 Å². The zero-order valence-corrected chi connectivity index (χ0v) is 34.0. The highest BCUT2D eigenvalue weighted by molar-refractivity contribution is 6.24. The van der Waals surface area contributed by atoms with Gasteiger partial charge >= 0.3 is 0 Å². The minimum absolute atomic E-state index is 0.556. The Bertz CT molecular complexity index is 3790. The fourth-order valence-corrected chi connectivity index (χ4v) is 9.76. The Hall–Kier alpha value is -8.61. The molecule has 0 saturated heterocycles. The Morgan fingerprint density at radius 2 is 0.730 bits per heavy atom. The molecule has 0 aliphatic rings. The van der Waals surface area contributed by atoms with Gasteiger partial charge in [0.2, 0.25) is 5.95 Å². The van der Waals surface area contributed by atoms with Crippen LogP contribution in [0.4, 0.5) is 0 Å². The summed E-state index contributed by atoms with van der Waals surface area (Å²) in [4.78, 5) is 15.8. The van der Waals surface area contributed by atoms with E-state index in [0.717, 1.165) is 77.2 Å². The van der Waals surface area contributed by atoms with Gasteiger partial charge in [0, 0.05) is 54.7 Å². The van der Waals surface area contributed by atoms with Crippen molar-refractivity contribution in [3.63, 3.8) is 0 Å². The van der Waals surface area contributed by atoms with Gasteiger partial charge in [-0.15, -0.1) is 0 Å². The second kappa shape index (κ2) is 14.0. The lowest BCUT2D eigenvalue weighted by Crippen LogP contribution is -2.07. The predicted octanol–water partition coefficient (Wildman–Crippen LogP) is 14.2. The molecule has 0 saturated carbocycles. The van der Waals surface area contributed by atoms with E-state index >= 15 is 0 Å². The number of nitrogens with zero attached hydrogens (tertiary/aromatic N) is 6. The van der Waals surface area contributed by atoms with Crippen molar-refractivity contribution in [2.24, 2.45) is 0 Å². The van der Waals surface area contributed by atoms with E-state index in [2.05, 4.69) is 196 Å². The fourth-order valence-electron chi connectivity index (χ4n) is 9.76. The van der Waals surface area contributed by atoms with Crippen LogP contribution in [-0.2, 0) is 0 Å². The van der Waals surface area contributed by atoms with Crippen molar-refractivity contribution in [1.82, 2.24) is 28.7 Å². The number of rotatable bonds is 6. The van der Waals surface area contributed by atoms with Crippen LogP contribution >= 0.6 is 0 Å². The topological polar surface area (TPSA) is 53.5 Å². The average molecular weight is 805 g/mol. The van der Waals surface area contributed by atoms with Gasteiger partial charge in [-0.2, -0.15) is 9.97 Å². The molecule has 6 nitrogen and oxygen atoms in total. The van der Waals surface area contributed by atoms with Crippen LogP contribution in [0.2, 0.25) is 0 Å². The molecular weight excluding hydrogens is 769 g/mol. The van der Waals surface area contributed by atoms with Crippen molar-refractivity contribution < 1.29 is 0 Å². The molecule has 4 aromatic heterocycles. The van der Waals surface area contributed by atoms with Crippen LogP contribution in [0.15, 0.2) is 218 Å². The molecule has 13 aromatic rings. The summed E-state index contributed by atoms with van der Waals surface area (Å²) in [6.07, 6.45) is 0. The standard InChI is InChI=1S/C57H36N6/c1-4-18-37(19-5-1)41-24-10-14-28-48(41)62-52-35-32-40(61-49-29-15-11-25-42(49)43-26-12-16-30-50(43)61)36-47(52)46-34-33-45-44-27-13-17-31-51(44)63(54(45)53(46)62)57-59-55(38-20-6-2-7-21-38)58-56(60-57)39-22-8-3-9-23-39/h1-36H. The van der Waals surface area contributed by atoms with E-state index in [-0.39, 0.29) is 0 Å². The summed E-state index contributed by atoms with van der Waals surface area (Å²) in [5.41, 5.74) is 12.9. The van der Waals surface area contributed by atoms with Crippen LogP contribution in [0.25, 0.3) is 117 Å². The molecular formula is C57H36N6. The molecule has 0 atom stereocenters. The molecule has 4 heterocycles. The SMILES string of the molecule is c1ccc(-c2nc(-c3ccccc3)nc(-n3c4ccccc4c4ccc5c6cc(-n7c8ccccc8c8ccccc87)ccc6n(-c6ccccc6-c6ccccc6)c5c43)n2)cc1. The van der Waals surface area contributed by atoms with E-state index in [1.54, 1.807) is 0 Å². The lowest BCUT2D eigenvalue weighted by atomic mass is 10.0. The van der Waals surface area contributed by atoms with Gasteiger partial charge in [-0.25, -0.2) is 4.98 Å². The minimum atomic E-state index is 0.556. The third-order valence-electron chi connectivity index (χ3n) is 12.5. The number of aromatic nitrogens is 6. The molecule has 63 heavy (non-hydrogen) atoms. The number of fused-ring (bicyclic) bond motifs is 10. The number of benzene rings is 9. The fraction of sp³-hybridized carbons (Fsp3) is 0. The van der Waals surface area contributed by atoms with Gasteiger partial charge < -0.3 is 9.13 Å². The Morgan fingerprint density at radius 1 is 0.286 bits per heavy atom. The summed E-state index contributed by atoms with van der Waals surface area (Å²) in [5, 5.41) is 6.99. The summed E-state index contributed by atoms with van der Waals surface area (Å²) in [5.74, 6) is 1.78. The maximum absolute atomic E-state index is 5.33. The van der Waals surface area contributed by atoms with E-state index in [9.17, 15) is 0 Å². The van der Waals surface area contributed by atoms with Crippen LogP contribution in [0.3, 0.4) is 0 Å². The van der Waals surface area contributed by atoms with Crippen LogP contribution in [0, 0.1) is 0 Å². The van der Waals surface area contributed by atoms with E-state index in [1.807, 2.05) is 36.4 Å². The smallest absolute Gasteiger partial charge is 0.238 e. The van der Waals surface area contributed by atoms with Gasteiger partial charge in [0.05, 0.1) is 38.8 Å². The highest BCUT2D eigenvalue weighted by Gasteiger charge is 2.25. The van der Waals surface area contributed by atoms with E-state index in [1.165, 1.54) is 21.8 Å². The molecule has 6 heteroatoms. The Morgan fingerprint density at radius 3 is 1.33 bits per heavy atom. The third-order valence-corrected chi connectivity index (χ3v) is 12.5. The van der Waals surface area contributed by atoms with Gasteiger partial charge in [-0.3, -0.25) is 4.57 Å². The highest BCUT2D eigenvalue weighted by atomic mass is 15.2. The highest BCUT2D eigenvalue weighted by Crippen LogP contribution is 2.44. The van der Waals surface area contributed by atoms with Crippen molar-refractivity contribution >= 4 is 65.4 Å². The largest absolute Gasteiger partial charge is 0.309 e. The zero-order valence-electron chi connectivity index (χ0n) is 34.0. The zero-order chi connectivity index (χ0) is 41.4. The second-order valence-electron chi connectivity index (χ2n) is 16.0. The molecule has 294 valence electrons. The Balaban J connectivity index is 1.19. The first-order chi connectivity index (χ1) is 31.3. The summed E-state index contributed by atoms with van der Waals surface area (Å²) >= 11 is 0. The number of para-hydroxylation sites is 4. The Kier molecular flexibility index (Phi) is 7.80. The lowest BCUT2D eigenvalue weighted by molar-refractivity contribution is 0.953. The molecule has 0 fully saturated rings. The molecule has 0 amide bonds. The third kappa shape index (κ3) is 5.41. The maximum atomic E-state index is 5.33. The van der Waals surface area contributed by atoms with Crippen molar-refractivity contribution in [3.05, 3.63) is 218 Å². The van der Waals surface area contributed by atoms with E-state index in [0.29, 0.717) is 17.6 Å². The monoisotopic (exact) mass is 804 g/mol. The first-order valence-corrected chi connectivity index (χ1v) is 21.3. The lowest BCUT2D eigenvalue weighted by Gasteiger charge is -2.16. The van der Waals surface area contributed by atoms with Gasteiger partial charge in [-0.05, 0) is 48.0 Å². The molecule has 0 N–H and O–H groups in total. The maximum Gasteiger partial charge on any atom is 0.238 e. The van der Waals surface area contributed by atoms with Gasteiger partial charge in [0.25, 0.3) is 0 Å². The van der Waals surface area contributed by atoms with Gasteiger partial charge in [-0.1, -0.05) is 176 Å². The molecule has 0 radical (unpaired) electrons. The second-order valence-corrected chi connectivity index (χ2v) is 16.0. The molecule has 0 aliphatic heterocycles. The Labute approximate surface area is 362 Å². The normalized spacial score (nSPS) is 11.8. The van der Waals surface area contributed by atoms with Gasteiger partial charge in [0.1, 0.15) is 0 Å². The summed E-state index contributed by atoms with van der Waals surface area (Å²) < 4.78 is 7.14. The van der Waals surface area contributed by atoms with Gasteiger partial charge in [0.15, 0.2) is 11.6 Å². The predicted molar refractivity (Wildman–Crippen MR) is 259 cm³/mol. The summed E-state index contributed by atoms with van der Waals surface area (Å²) in [6, 6.07) is 77.4.